The molecule has 1 aromatic heterocycles. The summed E-state index contributed by atoms with van der Waals surface area (Å²) in [5.74, 6) is -0.938. The van der Waals surface area contributed by atoms with Gasteiger partial charge in [-0.3, -0.25) is 9.59 Å². The van der Waals surface area contributed by atoms with Gasteiger partial charge in [0.1, 0.15) is 11.5 Å². The smallest absolute Gasteiger partial charge is 0.278 e. The van der Waals surface area contributed by atoms with Gasteiger partial charge in [-0.1, -0.05) is 49.4 Å². The van der Waals surface area contributed by atoms with Gasteiger partial charge in [0.15, 0.2) is 5.69 Å². The Balaban J connectivity index is 2.05. The average Bonchev–Trinajstić information content (AvgIpc) is 2.72. The number of hydrogen-bond acceptors (Lipinski definition) is 3. The molecule has 0 N–H and O–H groups in total. The van der Waals surface area contributed by atoms with Crippen LogP contribution in [-0.4, -0.2) is 26.6 Å². The summed E-state index contributed by atoms with van der Waals surface area (Å²) in [4.78, 5) is 27.5. The molecule has 1 atom stereocenters. The molecule has 0 aliphatic heterocycles. The quantitative estimate of drug-likeness (QED) is 0.633. The minimum atomic E-state index is -0.479. The van der Waals surface area contributed by atoms with Crippen LogP contribution in [0, 0.1) is 12.7 Å². The molecule has 1 amide bonds. The van der Waals surface area contributed by atoms with Crippen molar-refractivity contribution in [2.24, 2.45) is 0 Å². The van der Waals surface area contributed by atoms with Gasteiger partial charge in [-0.05, 0) is 38.0 Å². The summed E-state index contributed by atoms with van der Waals surface area (Å²) in [6.07, 6.45) is 0.728. The second kappa shape index (κ2) is 8.82. The highest BCUT2D eigenvalue weighted by molar-refractivity contribution is 5.92. The number of carbonyl (C=O) groups is 1. The molecule has 6 heteroatoms. The molecular formula is C23H24FN3O2. The largest absolute Gasteiger partial charge is 0.330 e. The lowest BCUT2D eigenvalue weighted by molar-refractivity contribution is 0.0662. The first-order chi connectivity index (χ1) is 13.9. The molecule has 1 heterocycles. The van der Waals surface area contributed by atoms with Crippen molar-refractivity contribution in [1.82, 2.24) is 14.7 Å². The summed E-state index contributed by atoms with van der Waals surface area (Å²) in [7, 11) is 0. The summed E-state index contributed by atoms with van der Waals surface area (Å²) >= 11 is 0. The van der Waals surface area contributed by atoms with E-state index in [1.54, 1.807) is 30.0 Å². The number of aryl methyl sites for hydroxylation is 1. The molecule has 0 saturated heterocycles. The molecule has 0 aliphatic rings. The van der Waals surface area contributed by atoms with Crippen molar-refractivity contribution in [3.8, 4) is 5.69 Å². The lowest BCUT2D eigenvalue weighted by Crippen LogP contribution is -2.41. The highest BCUT2D eigenvalue weighted by Crippen LogP contribution is 2.16. The van der Waals surface area contributed by atoms with Crippen LogP contribution in [0.4, 0.5) is 4.39 Å². The van der Waals surface area contributed by atoms with Crippen LogP contribution in [0.3, 0.4) is 0 Å². The van der Waals surface area contributed by atoms with Crippen LogP contribution in [0.15, 0.2) is 65.5 Å². The molecule has 29 heavy (non-hydrogen) atoms. The van der Waals surface area contributed by atoms with Crippen LogP contribution >= 0.6 is 0 Å². The standard InChI is InChI=1S/C23H24FN3O2/c1-4-16(2)26(15-18-10-6-5-7-11-18)23(29)22-21(28)14-17(3)27(25-22)20-13-9-8-12-19(20)24/h5-14,16H,4,15H2,1-3H3/t16-/m1/s1. The number of hydrogen-bond donors (Lipinski definition) is 0. The summed E-state index contributed by atoms with van der Waals surface area (Å²) in [6.45, 7) is 5.94. The van der Waals surface area contributed by atoms with Crippen molar-refractivity contribution in [1.29, 1.82) is 0 Å². The fourth-order valence-electron chi connectivity index (χ4n) is 3.13. The first kappa shape index (κ1) is 20.5. The van der Waals surface area contributed by atoms with Crippen LogP contribution in [0.2, 0.25) is 0 Å². The van der Waals surface area contributed by atoms with E-state index in [9.17, 15) is 14.0 Å². The maximum absolute atomic E-state index is 14.3. The van der Waals surface area contributed by atoms with Crippen LogP contribution in [0.25, 0.3) is 5.69 Å². The van der Waals surface area contributed by atoms with E-state index in [4.69, 9.17) is 0 Å². The Morgan fingerprint density at radius 3 is 2.45 bits per heavy atom. The lowest BCUT2D eigenvalue weighted by atomic mass is 10.1. The molecule has 3 aromatic rings. The number of benzene rings is 2. The van der Waals surface area contributed by atoms with E-state index < -0.39 is 17.2 Å². The van der Waals surface area contributed by atoms with Crippen LogP contribution in [-0.2, 0) is 6.54 Å². The maximum Gasteiger partial charge on any atom is 0.278 e. The van der Waals surface area contributed by atoms with E-state index in [-0.39, 0.29) is 17.4 Å². The van der Waals surface area contributed by atoms with E-state index in [0.717, 1.165) is 12.0 Å². The van der Waals surface area contributed by atoms with Crippen LogP contribution in [0.1, 0.15) is 42.0 Å². The summed E-state index contributed by atoms with van der Waals surface area (Å²) < 4.78 is 15.6. The van der Waals surface area contributed by atoms with Crippen LogP contribution < -0.4 is 5.43 Å². The Hall–Kier alpha value is -3.28. The molecule has 0 aliphatic carbocycles. The molecule has 5 nitrogen and oxygen atoms in total. The molecule has 0 fully saturated rings. The Morgan fingerprint density at radius 1 is 1.14 bits per heavy atom. The summed E-state index contributed by atoms with van der Waals surface area (Å²) in [5.41, 5.74) is 0.922. The Labute approximate surface area is 169 Å². The van der Waals surface area contributed by atoms with E-state index >= 15 is 0 Å². The van der Waals surface area contributed by atoms with Crippen molar-refractivity contribution in [2.75, 3.05) is 0 Å². The number of aromatic nitrogens is 2. The number of rotatable bonds is 6. The van der Waals surface area contributed by atoms with Gasteiger partial charge in [0.2, 0.25) is 5.43 Å². The molecule has 0 bridgehead atoms. The second-order valence-corrected chi connectivity index (χ2v) is 7.04. The fourth-order valence-corrected chi connectivity index (χ4v) is 3.13. The van der Waals surface area contributed by atoms with Gasteiger partial charge >= 0.3 is 0 Å². The minimum absolute atomic E-state index is 0.0906. The zero-order valence-corrected chi connectivity index (χ0v) is 16.8. The van der Waals surface area contributed by atoms with Gasteiger partial charge in [-0.25, -0.2) is 9.07 Å². The van der Waals surface area contributed by atoms with Gasteiger partial charge < -0.3 is 4.90 Å². The van der Waals surface area contributed by atoms with Crippen molar-refractivity contribution >= 4 is 5.91 Å². The first-order valence-corrected chi connectivity index (χ1v) is 9.63. The molecule has 150 valence electrons. The molecule has 3 rings (SSSR count). The predicted octanol–water partition coefficient (Wildman–Crippen LogP) is 4.12. The number of nitrogens with zero attached hydrogens (tertiary/aromatic N) is 3. The highest BCUT2D eigenvalue weighted by Gasteiger charge is 2.25. The average molecular weight is 393 g/mol. The van der Waals surface area contributed by atoms with Crippen molar-refractivity contribution in [3.05, 3.63) is 93.7 Å². The third kappa shape index (κ3) is 4.42. The molecular weight excluding hydrogens is 369 g/mol. The van der Waals surface area contributed by atoms with E-state index in [1.807, 2.05) is 44.2 Å². The monoisotopic (exact) mass is 393 g/mol. The Morgan fingerprint density at radius 2 is 1.79 bits per heavy atom. The highest BCUT2D eigenvalue weighted by atomic mass is 19.1. The normalized spacial score (nSPS) is 11.9. The van der Waals surface area contributed by atoms with Gasteiger partial charge in [0.05, 0.1) is 0 Å². The van der Waals surface area contributed by atoms with Gasteiger partial charge in [-0.15, -0.1) is 0 Å². The van der Waals surface area contributed by atoms with Gasteiger partial charge in [0, 0.05) is 24.3 Å². The third-order valence-corrected chi connectivity index (χ3v) is 4.97. The van der Waals surface area contributed by atoms with Crippen LogP contribution in [0.5, 0.6) is 0 Å². The Bertz CT molecular complexity index is 1060. The first-order valence-electron chi connectivity index (χ1n) is 9.63. The van der Waals surface area contributed by atoms with Gasteiger partial charge in [0.25, 0.3) is 5.91 Å². The lowest BCUT2D eigenvalue weighted by Gasteiger charge is -2.28. The number of amides is 1. The van der Waals surface area contributed by atoms with Crippen molar-refractivity contribution in [3.63, 3.8) is 0 Å². The maximum atomic E-state index is 14.3. The minimum Gasteiger partial charge on any atom is -0.330 e. The molecule has 0 saturated carbocycles. The molecule has 0 spiro atoms. The second-order valence-electron chi connectivity index (χ2n) is 7.04. The van der Waals surface area contributed by atoms with Crippen molar-refractivity contribution in [2.45, 2.75) is 39.8 Å². The van der Waals surface area contributed by atoms with E-state index in [0.29, 0.717) is 12.2 Å². The number of halogens is 1. The summed E-state index contributed by atoms with van der Waals surface area (Å²) in [6, 6.07) is 17.0. The predicted molar refractivity (Wildman–Crippen MR) is 111 cm³/mol. The summed E-state index contributed by atoms with van der Waals surface area (Å²) in [5, 5.41) is 4.26. The molecule has 0 unspecified atom stereocenters. The SMILES string of the molecule is CC[C@@H](C)N(Cc1ccccc1)C(=O)c1nn(-c2ccccc2F)c(C)cc1=O. The number of carbonyl (C=O) groups excluding carboxylic acids is 1. The molecule has 0 radical (unpaired) electrons. The third-order valence-electron chi connectivity index (χ3n) is 4.97. The topological polar surface area (TPSA) is 55.2 Å². The van der Waals surface area contributed by atoms with Crippen molar-refractivity contribution < 1.29 is 9.18 Å². The Kier molecular flexibility index (Phi) is 6.22. The zero-order valence-electron chi connectivity index (χ0n) is 16.8. The molecule has 2 aromatic carbocycles. The van der Waals surface area contributed by atoms with Gasteiger partial charge in [-0.2, -0.15) is 5.10 Å². The zero-order chi connectivity index (χ0) is 21.0. The van der Waals surface area contributed by atoms with E-state index in [2.05, 4.69) is 5.10 Å². The van der Waals surface area contributed by atoms with E-state index in [1.165, 1.54) is 16.8 Å². The number of para-hydroxylation sites is 1. The fraction of sp³-hybridized carbons (Fsp3) is 0.261.